The maximum Gasteiger partial charge on any atom is 0.120 e. The topological polar surface area (TPSA) is 60.6 Å². The Balaban J connectivity index is 1.80. The van der Waals surface area contributed by atoms with Gasteiger partial charge in [0.15, 0.2) is 0 Å². The maximum atomic E-state index is 6.59. The largest absolute Gasteiger partial charge is 0.348 e. The van der Waals surface area contributed by atoms with Crippen LogP contribution in [-0.4, -0.2) is 31.4 Å². The summed E-state index contributed by atoms with van der Waals surface area (Å²) in [5.74, 6) is 0.924. The molecule has 5 nitrogen and oxygen atoms in total. The number of benzene rings is 1. The Hall–Kier alpha value is -1.82. The summed E-state index contributed by atoms with van der Waals surface area (Å²) in [6, 6.07) is 4.01. The monoisotopic (exact) mass is 361 g/mol. The summed E-state index contributed by atoms with van der Waals surface area (Å²) in [5.41, 5.74) is 4.12. The molecule has 1 aliphatic heterocycles. The zero-order valence-corrected chi connectivity index (χ0v) is 14.7. The van der Waals surface area contributed by atoms with Crippen LogP contribution in [0.4, 0.5) is 0 Å². The first kappa shape index (κ1) is 15.7. The Morgan fingerprint density at radius 2 is 2.08 bits per heavy atom. The van der Waals surface area contributed by atoms with Gasteiger partial charge in [0.25, 0.3) is 0 Å². The lowest BCUT2D eigenvalue weighted by atomic mass is 9.94. The number of imidazole rings is 2. The number of halogens is 2. The minimum absolute atomic E-state index is 0.0456. The van der Waals surface area contributed by atoms with E-state index in [4.69, 9.17) is 23.2 Å². The van der Waals surface area contributed by atoms with Crippen molar-refractivity contribution in [3.05, 3.63) is 69.2 Å². The first-order valence-electron chi connectivity index (χ1n) is 7.84. The SMILES string of the molecule is Cc1ccc([C@H]2c3nc[nH]c3CCN2Cc2ncc[nH]2)c(Cl)c1Cl. The van der Waals surface area contributed by atoms with Gasteiger partial charge in [0.05, 0.1) is 34.7 Å². The fourth-order valence-corrected chi connectivity index (χ4v) is 3.78. The van der Waals surface area contributed by atoms with Crippen LogP contribution in [-0.2, 0) is 13.0 Å². The molecule has 0 amide bonds. The van der Waals surface area contributed by atoms with E-state index < -0.39 is 0 Å². The normalized spacial score (nSPS) is 17.9. The zero-order valence-electron chi connectivity index (χ0n) is 13.2. The Morgan fingerprint density at radius 3 is 2.88 bits per heavy atom. The molecule has 3 heterocycles. The molecule has 2 N–H and O–H groups in total. The number of aryl methyl sites for hydroxylation is 1. The molecule has 0 saturated heterocycles. The summed E-state index contributed by atoms with van der Waals surface area (Å²) >= 11 is 13.0. The van der Waals surface area contributed by atoms with Gasteiger partial charge in [-0.3, -0.25) is 4.90 Å². The second-order valence-corrected chi connectivity index (χ2v) is 6.78. The van der Waals surface area contributed by atoms with Crippen LogP contribution in [0.3, 0.4) is 0 Å². The molecule has 1 atom stereocenters. The average molecular weight is 362 g/mol. The number of rotatable bonds is 3. The van der Waals surface area contributed by atoms with Gasteiger partial charge in [0.1, 0.15) is 5.82 Å². The molecule has 0 bridgehead atoms. The number of hydrogen-bond acceptors (Lipinski definition) is 3. The third kappa shape index (κ3) is 2.62. The Bertz CT molecular complexity index is 856. The van der Waals surface area contributed by atoms with Crippen molar-refractivity contribution in [2.75, 3.05) is 6.54 Å². The predicted octanol–water partition coefficient (Wildman–Crippen LogP) is 3.90. The smallest absolute Gasteiger partial charge is 0.120 e. The second-order valence-electron chi connectivity index (χ2n) is 6.02. The van der Waals surface area contributed by atoms with Crippen LogP contribution in [0.15, 0.2) is 30.9 Å². The molecule has 7 heteroatoms. The highest BCUT2D eigenvalue weighted by Gasteiger charge is 2.33. The van der Waals surface area contributed by atoms with Crippen LogP contribution in [0.2, 0.25) is 10.0 Å². The fourth-order valence-electron chi connectivity index (χ4n) is 3.29. The van der Waals surface area contributed by atoms with Gasteiger partial charge in [0, 0.05) is 31.1 Å². The minimum atomic E-state index is -0.0456. The molecule has 0 fully saturated rings. The number of fused-ring (bicyclic) bond motifs is 1. The molecule has 0 radical (unpaired) electrons. The molecular formula is C17H17Cl2N5. The maximum absolute atomic E-state index is 6.59. The number of nitrogens with one attached hydrogen (secondary N) is 2. The highest BCUT2D eigenvalue weighted by molar-refractivity contribution is 6.43. The molecule has 1 aromatic carbocycles. The van der Waals surface area contributed by atoms with Crippen LogP contribution < -0.4 is 0 Å². The number of H-pyrrole nitrogens is 2. The van der Waals surface area contributed by atoms with E-state index in [2.05, 4.69) is 24.8 Å². The number of hydrogen-bond donors (Lipinski definition) is 2. The number of nitrogens with zero attached hydrogens (tertiary/aromatic N) is 3. The Labute approximate surface area is 150 Å². The van der Waals surface area contributed by atoms with Crippen LogP contribution >= 0.6 is 23.2 Å². The third-order valence-electron chi connectivity index (χ3n) is 4.53. The Morgan fingerprint density at radius 1 is 1.21 bits per heavy atom. The Kier molecular flexibility index (Phi) is 4.08. The molecule has 0 unspecified atom stereocenters. The predicted molar refractivity (Wildman–Crippen MR) is 94.3 cm³/mol. The van der Waals surface area contributed by atoms with E-state index in [1.54, 1.807) is 12.5 Å². The van der Waals surface area contributed by atoms with Gasteiger partial charge < -0.3 is 9.97 Å². The van der Waals surface area contributed by atoms with E-state index in [0.717, 1.165) is 41.3 Å². The molecule has 24 heavy (non-hydrogen) atoms. The van der Waals surface area contributed by atoms with Crippen molar-refractivity contribution in [3.63, 3.8) is 0 Å². The summed E-state index contributed by atoms with van der Waals surface area (Å²) in [4.78, 5) is 17.7. The molecule has 2 aromatic heterocycles. The highest BCUT2D eigenvalue weighted by atomic mass is 35.5. The van der Waals surface area contributed by atoms with Crippen LogP contribution in [0.1, 0.15) is 34.4 Å². The van der Waals surface area contributed by atoms with Crippen molar-refractivity contribution in [2.24, 2.45) is 0 Å². The second kappa shape index (κ2) is 6.24. The summed E-state index contributed by atoms with van der Waals surface area (Å²) in [5, 5.41) is 1.21. The van der Waals surface area contributed by atoms with Crippen molar-refractivity contribution in [1.29, 1.82) is 0 Å². The summed E-state index contributed by atoms with van der Waals surface area (Å²) < 4.78 is 0. The lowest BCUT2D eigenvalue weighted by Gasteiger charge is -2.35. The first-order valence-corrected chi connectivity index (χ1v) is 8.59. The molecule has 124 valence electrons. The quantitative estimate of drug-likeness (QED) is 0.743. The summed E-state index contributed by atoms with van der Waals surface area (Å²) in [6.45, 7) is 3.55. The minimum Gasteiger partial charge on any atom is -0.348 e. The lowest BCUT2D eigenvalue weighted by molar-refractivity contribution is 0.196. The highest BCUT2D eigenvalue weighted by Crippen LogP contribution is 2.40. The summed E-state index contributed by atoms with van der Waals surface area (Å²) in [6.07, 6.45) is 6.27. The van der Waals surface area contributed by atoms with Gasteiger partial charge in [-0.15, -0.1) is 0 Å². The third-order valence-corrected chi connectivity index (χ3v) is 5.52. The van der Waals surface area contributed by atoms with Gasteiger partial charge in [0.2, 0.25) is 0 Å². The molecule has 0 saturated carbocycles. The number of aromatic amines is 2. The van der Waals surface area contributed by atoms with E-state index >= 15 is 0 Å². The van der Waals surface area contributed by atoms with Crippen LogP contribution in [0.25, 0.3) is 0 Å². The van der Waals surface area contributed by atoms with E-state index in [1.807, 2.05) is 25.3 Å². The zero-order chi connectivity index (χ0) is 16.7. The van der Waals surface area contributed by atoms with E-state index in [1.165, 1.54) is 0 Å². The molecular weight excluding hydrogens is 345 g/mol. The number of aromatic nitrogens is 4. The van der Waals surface area contributed by atoms with Crippen molar-refractivity contribution in [1.82, 2.24) is 24.8 Å². The molecule has 3 aromatic rings. The van der Waals surface area contributed by atoms with E-state index in [9.17, 15) is 0 Å². The van der Waals surface area contributed by atoms with Gasteiger partial charge in [-0.2, -0.15) is 0 Å². The van der Waals surface area contributed by atoms with Crippen molar-refractivity contribution >= 4 is 23.2 Å². The molecule has 0 spiro atoms. The molecule has 0 aliphatic carbocycles. The first-order chi connectivity index (χ1) is 11.6. The van der Waals surface area contributed by atoms with Gasteiger partial charge in [-0.1, -0.05) is 35.3 Å². The van der Waals surface area contributed by atoms with Gasteiger partial charge in [-0.05, 0) is 18.1 Å². The van der Waals surface area contributed by atoms with Crippen LogP contribution in [0.5, 0.6) is 0 Å². The van der Waals surface area contributed by atoms with Crippen LogP contribution in [0, 0.1) is 6.92 Å². The average Bonchev–Trinajstić information content (AvgIpc) is 3.25. The lowest BCUT2D eigenvalue weighted by Crippen LogP contribution is -2.36. The van der Waals surface area contributed by atoms with E-state index in [0.29, 0.717) is 16.6 Å². The van der Waals surface area contributed by atoms with E-state index in [-0.39, 0.29) is 6.04 Å². The molecule has 4 rings (SSSR count). The fraction of sp³-hybridized carbons (Fsp3) is 0.294. The van der Waals surface area contributed by atoms with Crippen molar-refractivity contribution in [2.45, 2.75) is 25.9 Å². The van der Waals surface area contributed by atoms with Crippen molar-refractivity contribution in [3.8, 4) is 0 Å². The molecule has 1 aliphatic rings. The van der Waals surface area contributed by atoms with Gasteiger partial charge >= 0.3 is 0 Å². The van der Waals surface area contributed by atoms with Crippen molar-refractivity contribution < 1.29 is 0 Å². The summed E-state index contributed by atoms with van der Waals surface area (Å²) in [7, 11) is 0. The standard InChI is InChI=1S/C17H17Cl2N5/c1-10-2-3-11(15(19)14(10)18)17-16-12(22-9-23-16)4-7-24(17)8-13-20-5-6-21-13/h2-3,5-6,9,17H,4,7-8H2,1H3,(H,20,21)(H,22,23)/t17-/m0/s1. The van der Waals surface area contributed by atoms with Gasteiger partial charge in [-0.25, -0.2) is 9.97 Å².